The molecule has 1 atom stereocenters. The molecule has 42 heavy (non-hydrogen) atoms. The predicted octanol–water partition coefficient (Wildman–Crippen LogP) is 5.82. The van der Waals surface area contributed by atoms with Crippen molar-refractivity contribution in [2.75, 3.05) is 52.3 Å². The van der Waals surface area contributed by atoms with Crippen molar-refractivity contribution in [1.82, 2.24) is 0 Å². The second-order valence-corrected chi connectivity index (χ2v) is 11.7. The Bertz CT molecular complexity index is 1220. The van der Waals surface area contributed by atoms with Gasteiger partial charge in [-0.05, 0) is 54.3 Å². The molecule has 1 N–H and O–H groups in total. The van der Waals surface area contributed by atoms with Crippen LogP contribution < -0.4 is 9.47 Å². The fourth-order valence-corrected chi connectivity index (χ4v) is 6.00. The van der Waals surface area contributed by atoms with E-state index >= 15 is 0 Å². The Morgan fingerprint density at radius 2 is 1.45 bits per heavy atom. The van der Waals surface area contributed by atoms with Gasteiger partial charge in [0.15, 0.2) is 5.41 Å². The maximum atomic E-state index is 12.1. The highest BCUT2D eigenvalue weighted by atomic mass is 33.1. The van der Waals surface area contributed by atoms with E-state index in [1.54, 1.807) is 31.9 Å². The Balaban J connectivity index is 1.67. The molecule has 1 unspecified atom stereocenters. The van der Waals surface area contributed by atoms with Crippen molar-refractivity contribution in [2.24, 2.45) is 5.41 Å². The Morgan fingerprint density at radius 1 is 0.881 bits per heavy atom. The fraction of sp³-hybridized carbons (Fsp3) is 0.375. The van der Waals surface area contributed by atoms with Crippen LogP contribution in [0.1, 0.15) is 30.0 Å². The molecule has 10 heteroatoms. The molecule has 3 aromatic rings. The first kappa shape index (κ1) is 33.3. The molecular formula is C32H37NO7S2. The molecule has 0 saturated heterocycles. The van der Waals surface area contributed by atoms with E-state index in [4.69, 9.17) is 23.7 Å². The highest BCUT2D eigenvalue weighted by Crippen LogP contribution is 2.42. The average molecular weight is 612 g/mol. The lowest BCUT2D eigenvalue weighted by molar-refractivity contribution is -0.157. The second-order valence-electron chi connectivity index (χ2n) is 9.18. The van der Waals surface area contributed by atoms with Crippen LogP contribution in [0.5, 0.6) is 11.5 Å². The monoisotopic (exact) mass is 611 g/mol. The molecule has 3 aromatic carbocycles. The largest absolute Gasteiger partial charge is 0.497 e. The van der Waals surface area contributed by atoms with Crippen molar-refractivity contribution in [3.8, 4) is 17.6 Å². The van der Waals surface area contributed by atoms with Crippen molar-refractivity contribution in [3.63, 3.8) is 0 Å². The first-order valence-electron chi connectivity index (χ1n) is 13.5. The second kappa shape index (κ2) is 17.0. The van der Waals surface area contributed by atoms with Crippen molar-refractivity contribution in [2.45, 2.75) is 18.9 Å². The topological polar surface area (TPSA) is 107 Å². The molecule has 0 aliphatic carbocycles. The zero-order chi connectivity index (χ0) is 30.3. The van der Waals surface area contributed by atoms with Gasteiger partial charge in [0.25, 0.3) is 0 Å². The number of rotatable bonds is 18. The van der Waals surface area contributed by atoms with Crippen LogP contribution in [0.25, 0.3) is 0 Å². The summed E-state index contributed by atoms with van der Waals surface area (Å²) >= 11 is 0. The predicted molar refractivity (Wildman–Crippen MR) is 166 cm³/mol. The molecule has 0 radical (unpaired) electrons. The number of benzene rings is 3. The van der Waals surface area contributed by atoms with Crippen LogP contribution in [-0.2, 0) is 24.6 Å². The van der Waals surface area contributed by atoms with Crippen molar-refractivity contribution < 1.29 is 33.6 Å². The van der Waals surface area contributed by atoms with Crippen molar-refractivity contribution in [1.29, 1.82) is 5.26 Å². The molecule has 0 fully saturated rings. The number of nitriles is 1. The maximum absolute atomic E-state index is 12.1. The van der Waals surface area contributed by atoms with Crippen LogP contribution >= 0.6 is 21.6 Å². The molecule has 0 aliphatic heterocycles. The van der Waals surface area contributed by atoms with Gasteiger partial charge in [0.05, 0.1) is 40.1 Å². The maximum Gasteiger partial charge on any atom is 0.331 e. The number of aliphatic hydroxyl groups is 1. The minimum atomic E-state index is -1.71. The van der Waals surface area contributed by atoms with E-state index in [0.29, 0.717) is 6.61 Å². The van der Waals surface area contributed by atoms with Crippen LogP contribution in [0, 0.1) is 16.7 Å². The fourth-order valence-electron chi connectivity index (χ4n) is 4.31. The van der Waals surface area contributed by atoms with E-state index in [2.05, 4.69) is 12.1 Å². The highest BCUT2D eigenvalue weighted by molar-refractivity contribution is 8.76. The lowest BCUT2D eigenvalue weighted by Gasteiger charge is -2.36. The number of esters is 1. The number of nitrogens with zero attached hydrogens (tertiary/aromatic N) is 1. The molecule has 8 nitrogen and oxygen atoms in total. The van der Waals surface area contributed by atoms with Gasteiger partial charge >= 0.3 is 5.97 Å². The number of carbonyl (C=O) groups excluding carboxylic acids is 1. The van der Waals surface area contributed by atoms with E-state index in [1.807, 2.05) is 72.8 Å². The quantitative estimate of drug-likeness (QED) is 0.0621. The summed E-state index contributed by atoms with van der Waals surface area (Å²) in [5.41, 5.74) is 0.377. The summed E-state index contributed by atoms with van der Waals surface area (Å²) in [4.78, 5) is 12.1. The Morgan fingerprint density at radius 3 is 1.95 bits per heavy atom. The molecule has 0 aliphatic rings. The van der Waals surface area contributed by atoms with Gasteiger partial charge in [-0.1, -0.05) is 76.2 Å². The van der Waals surface area contributed by atoms with E-state index in [-0.39, 0.29) is 19.2 Å². The molecule has 0 spiro atoms. The number of carbonyl (C=O) groups is 1. The van der Waals surface area contributed by atoms with Crippen LogP contribution in [0.4, 0.5) is 0 Å². The first-order chi connectivity index (χ1) is 20.5. The summed E-state index contributed by atoms with van der Waals surface area (Å²) in [6, 6.07) is 27.8. The molecule has 0 saturated carbocycles. The normalized spacial score (nSPS) is 12.6. The SMILES string of the molecule is CCOC(=O)C(C#N)(CO)COCSSCCCOC(c1ccccc1)(c1ccc(OC)cc1)c1ccc(OC)cc1. The Kier molecular flexibility index (Phi) is 13.5. The van der Waals surface area contributed by atoms with Crippen molar-refractivity contribution >= 4 is 27.6 Å². The summed E-state index contributed by atoms with van der Waals surface area (Å²) in [5, 5.41) is 19.0. The highest BCUT2D eigenvalue weighted by Gasteiger charge is 2.41. The minimum Gasteiger partial charge on any atom is -0.497 e. The zero-order valence-corrected chi connectivity index (χ0v) is 25.7. The third-order valence-electron chi connectivity index (χ3n) is 6.58. The molecule has 0 aromatic heterocycles. The van der Waals surface area contributed by atoms with E-state index < -0.39 is 23.6 Å². The summed E-state index contributed by atoms with van der Waals surface area (Å²) < 4.78 is 28.1. The third-order valence-corrected chi connectivity index (χ3v) is 8.75. The van der Waals surface area contributed by atoms with Gasteiger partial charge in [-0.3, -0.25) is 4.79 Å². The van der Waals surface area contributed by atoms with Crippen LogP contribution in [0.15, 0.2) is 78.9 Å². The number of ether oxygens (including phenoxy) is 5. The molecule has 224 valence electrons. The van der Waals surface area contributed by atoms with E-state index in [9.17, 15) is 15.2 Å². The van der Waals surface area contributed by atoms with E-state index in [0.717, 1.165) is 40.4 Å². The van der Waals surface area contributed by atoms with Crippen LogP contribution in [0.3, 0.4) is 0 Å². The lowest BCUT2D eigenvalue weighted by atomic mass is 9.80. The number of methoxy groups -OCH3 is 2. The number of hydrogen-bond donors (Lipinski definition) is 1. The van der Waals surface area contributed by atoms with Crippen LogP contribution in [0.2, 0.25) is 0 Å². The average Bonchev–Trinajstić information content (AvgIpc) is 3.05. The molecule has 0 amide bonds. The molecule has 0 bridgehead atoms. The number of hydrogen-bond acceptors (Lipinski definition) is 10. The molecular weight excluding hydrogens is 574 g/mol. The molecule has 0 heterocycles. The van der Waals surface area contributed by atoms with Gasteiger partial charge in [-0.15, -0.1) is 0 Å². The van der Waals surface area contributed by atoms with E-state index in [1.165, 1.54) is 10.8 Å². The van der Waals surface area contributed by atoms with Gasteiger partial charge in [0.2, 0.25) is 0 Å². The standard InChI is InChI=1S/C32H37NO7S2/c1-4-39-30(35)31(21-33,22-34)23-38-24-42-41-20-8-19-40-32(25-9-6-5-7-10-25,26-11-15-28(36-2)16-12-26)27-13-17-29(37-3)18-14-27/h5-7,9-18,34H,4,8,19-20,22-24H2,1-3H3. The van der Waals surface area contributed by atoms with Gasteiger partial charge in [0, 0.05) is 12.4 Å². The first-order valence-corrected chi connectivity index (χ1v) is 16.0. The van der Waals surface area contributed by atoms with Gasteiger partial charge in [-0.25, -0.2) is 0 Å². The number of aliphatic hydroxyl groups excluding tert-OH is 1. The zero-order valence-electron chi connectivity index (χ0n) is 24.1. The van der Waals surface area contributed by atoms with Crippen LogP contribution in [-0.4, -0.2) is 63.4 Å². The van der Waals surface area contributed by atoms with Gasteiger partial charge < -0.3 is 28.8 Å². The summed E-state index contributed by atoms with van der Waals surface area (Å²) in [6.45, 7) is 1.35. The van der Waals surface area contributed by atoms with Gasteiger partial charge in [0.1, 0.15) is 23.0 Å². The minimum absolute atomic E-state index is 0.122. The Labute approximate surface area is 255 Å². The summed E-state index contributed by atoms with van der Waals surface area (Å²) in [5.74, 6) is 1.78. The summed E-state index contributed by atoms with van der Waals surface area (Å²) in [6.07, 6.45) is 0.764. The Hall–Kier alpha value is -3.20. The molecule has 3 rings (SSSR count). The smallest absolute Gasteiger partial charge is 0.331 e. The van der Waals surface area contributed by atoms with Gasteiger partial charge in [-0.2, -0.15) is 5.26 Å². The third kappa shape index (κ3) is 8.21. The lowest BCUT2D eigenvalue weighted by Crippen LogP contribution is -2.39. The van der Waals surface area contributed by atoms with Crippen molar-refractivity contribution in [3.05, 3.63) is 95.6 Å². The summed E-state index contributed by atoms with van der Waals surface area (Å²) in [7, 11) is 6.36.